The highest BCUT2D eigenvalue weighted by molar-refractivity contribution is 14.1. The first kappa shape index (κ1) is 38.5. The van der Waals surface area contributed by atoms with Gasteiger partial charge in [0.1, 0.15) is 42.4 Å². The highest BCUT2D eigenvalue weighted by Crippen LogP contribution is 2.66. The summed E-state index contributed by atoms with van der Waals surface area (Å²) < 4.78 is 18.5. The highest BCUT2D eigenvalue weighted by atomic mass is 127. The number of non-ortho nitro benzene ring substituents is 1. The van der Waals surface area contributed by atoms with E-state index >= 15 is 4.79 Å². The summed E-state index contributed by atoms with van der Waals surface area (Å²) in [6.07, 6.45) is -0.609. The highest BCUT2D eigenvalue weighted by Gasteiger charge is 2.76. The number of aromatic hydroxyl groups is 1. The van der Waals surface area contributed by atoms with Crippen LogP contribution in [-0.4, -0.2) is 51.5 Å². The molecule has 3 aliphatic rings. The van der Waals surface area contributed by atoms with Crippen LogP contribution in [0.5, 0.6) is 5.75 Å². The summed E-state index contributed by atoms with van der Waals surface area (Å²) in [4.78, 5) is 73.2. The van der Waals surface area contributed by atoms with Crippen LogP contribution in [0, 0.1) is 19.6 Å². The number of nitrogens with zero attached hydrogens (tertiary/aromatic N) is 3. The number of esters is 2. The zero-order valence-corrected chi connectivity index (χ0v) is 32.7. The second-order valence-corrected chi connectivity index (χ2v) is 15.3. The maximum Gasteiger partial charge on any atom is 0.421 e. The Hall–Kier alpha value is -6.39. The molecule has 6 atom stereocenters. The molecule has 292 valence electrons. The van der Waals surface area contributed by atoms with Crippen molar-refractivity contribution in [3.8, 4) is 5.75 Å². The number of amides is 2. The van der Waals surface area contributed by atoms with Crippen molar-refractivity contribution in [1.82, 2.24) is 4.90 Å². The molecule has 13 nitrogen and oxygen atoms in total. The van der Waals surface area contributed by atoms with Crippen LogP contribution in [0.1, 0.15) is 46.0 Å². The van der Waals surface area contributed by atoms with Crippen molar-refractivity contribution in [2.24, 2.45) is 5.92 Å². The molecule has 5 aromatic carbocycles. The molecule has 0 bridgehead atoms. The molecule has 0 saturated carbocycles. The van der Waals surface area contributed by atoms with Gasteiger partial charge in [0.05, 0.1) is 22.7 Å². The number of nitro groups is 1. The Bertz CT molecular complexity index is 2430. The number of cyclic esters (lactones) is 1. The summed E-state index contributed by atoms with van der Waals surface area (Å²) in [6.45, 7) is 3.12. The number of hydrogen-bond donors (Lipinski definition) is 1. The Morgan fingerprint density at radius 2 is 1.52 bits per heavy atom. The summed E-state index contributed by atoms with van der Waals surface area (Å²) in [6, 6.07) is 31.8. The van der Waals surface area contributed by atoms with E-state index in [0.717, 1.165) is 10.5 Å². The summed E-state index contributed by atoms with van der Waals surface area (Å²) in [5.41, 5.74) is 0.515. The van der Waals surface area contributed by atoms with Gasteiger partial charge in [0.2, 0.25) is 5.91 Å². The van der Waals surface area contributed by atoms with E-state index in [4.69, 9.17) is 14.2 Å². The van der Waals surface area contributed by atoms with E-state index in [0.29, 0.717) is 20.3 Å². The molecule has 6 unspecified atom stereocenters. The minimum atomic E-state index is -2.03. The summed E-state index contributed by atoms with van der Waals surface area (Å²) in [5, 5.41) is 21.7. The van der Waals surface area contributed by atoms with E-state index in [1.807, 2.05) is 65.6 Å². The van der Waals surface area contributed by atoms with E-state index in [-0.39, 0.29) is 35.9 Å². The molecular weight excluding hydrogens is 857 g/mol. The van der Waals surface area contributed by atoms with Gasteiger partial charge < -0.3 is 19.3 Å². The van der Waals surface area contributed by atoms with Crippen molar-refractivity contribution < 1.29 is 43.4 Å². The van der Waals surface area contributed by atoms with E-state index in [1.54, 1.807) is 30.3 Å². The summed E-state index contributed by atoms with van der Waals surface area (Å²) in [7, 11) is 0. The van der Waals surface area contributed by atoms with Gasteiger partial charge in [0.15, 0.2) is 0 Å². The fourth-order valence-electron chi connectivity index (χ4n) is 8.64. The molecular formula is C44H34IN3O10. The molecule has 0 aliphatic carbocycles. The molecule has 3 aliphatic heterocycles. The topological polar surface area (TPSA) is 166 Å². The lowest BCUT2D eigenvalue weighted by molar-refractivity contribution is -0.384. The number of carbonyl (C=O) groups is 4. The van der Waals surface area contributed by atoms with Crippen LogP contribution in [0.2, 0.25) is 0 Å². The monoisotopic (exact) mass is 891 g/mol. The molecule has 8 rings (SSSR count). The SMILES string of the molecule is C=CCOC(=O)C1C2C(=O)OC(c3ccccc3)C(c3ccccc3)N2C(c2ccc(O)cc2)C12C(=O)N(C(=O)OCc1ccc([N+](=O)[O-])cc1)c1ccc(I)cc12. The fourth-order valence-corrected chi connectivity index (χ4v) is 9.13. The second kappa shape index (κ2) is 15.5. The maximum absolute atomic E-state index is 15.8. The number of nitro benzene ring substituents is 1. The number of fused-ring (bicyclic) bond motifs is 3. The van der Waals surface area contributed by atoms with Crippen molar-refractivity contribution in [2.75, 3.05) is 11.5 Å². The molecule has 2 fully saturated rings. The summed E-state index contributed by atoms with van der Waals surface area (Å²) >= 11 is 2.09. The molecule has 58 heavy (non-hydrogen) atoms. The molecule has 1 spiro atoms. The molecule has 14 heteroatoms. The normalized spacial score (nSPS) is 23.5. The molecule has 1 N–H and O–H groups in total. The third kappa shape index (κ3) is 6.37. The van der Waals surface area contributed by atoms with Crippen LogP contribution >= 0.6 is 22.6 Å². The lowest BCUT2D eigenvalue weighted by Crippen LogP contribution is -2.53. The second-order valence-electron chi connectivity index (χ2n) is 14.1. The number of rotatable bonds is 9. The largest absolute Gasteiger partial charge is 0.508 e. The Balaban J connectivity index is 1.36. The Morgan fingerprint density at radius 3 is 2.16 bits per heavy atom. The van der Waals surface area contributed by atoms with E-state index < -0.39 is 64.4 Å². The first-order valence-corrected chi connectivity index (χ1v) is 19.3. The van der Waals surface area contributed by atoms with Crippen LogP contribution in [0.25, 0.3) is 0 Å². The van der Waals surface area contributed by atoms with Crippen molar-refractivity contribution in [3.05, 3.63) is 182 Å². The number of ether oxygens (including phenoxy) is 3. The van der Waals surface area contributed by atoms with Crippen LogP contribution in [0.15, 0.2) is 140 Å². The first-order chi connectivity index (χ1) is 28.1. The van der Waals surface area contributed by atoms with Gasteiger partial charge in [0.25, 0.3) is 5.69 Å². The standard InChI is InChI=1S/C44H34IN3O10/c1-2-23-56-40(50)35-37-41(51)58-38(28-11-7-4-8-12-28)36(27-9-5-3-6-10-27)47(37)39(29-15-20-32(49)21-16-29)44(35)33-24-30(45)17-22-34(33)46(42(44)52)43(53)57-25-26-13-18-31(19-14-26)48(54)55/h2-22,24,35-39,49H,1,23,25H2. The van der Waals surface area contributed by atoms with E-state index in [9.17, 15) is 29.6 Å². The summed E-state index contributed by atoms with van der Waals surface area (Å²) in [5.74, 6) is -4.15. The first-order valence-electron chi connectivity index (χ1n) is 18.2. The minimum absolute atomic E-state index is 0.0572. The lowest BCUT2D eigenvalue weighted by atomic mass is 9.65. The van der Waals surface area contributed by atoms with E-state index in [2.05, 4.69) is 29.2 Å². The predicted octanol–water partition coefficient (Wildman–Crippen LogP) is 7.64. The van der Waals surface area contributed by atoms with Crippen molar-refractivity contribution >= 4 is 57.9 Å². The zero-order valence-electron chi connectivity index (χ0n) is 30.6. The average Bonchev–Trinajstić information content (AvgIpc) is 3.69. The quantitative estimate of drug-likeness (QED) is 0.0386. The maximum atomic E-state index is 15.8. The molecule has 2 saturated heterocycles. The number of phenolic OH excluding ortho intramolecular Hbond substituents is 1. The number of hydrogen-bond acceptors (Lipinski definition) is 11. The van der Waals surface area contributed by atoms with Crippen LogP contribution < -0.4 is 4.90 Å². The molecule has 0 aromatic heterocycles. The smallest absolute Gasteiger partial charge is 0.421 e. The number of morpholine rings is 1. The van der Waals surface area contributed by atoms with Gasteiger partial charge in [-0.1, -0.05) is 85.5 Å². The van der Waals surface area contributed by atoms with Gasteiger partial charge in [-0.15, -0.1) is 0 Å². The van der Waals surface area contributed by atoms with Crippen LogP contribution in [0.4, 0.5) is 16.2 Å². The van der Waals surface area contributed by atoms with E-state index in [1.165, 1.54) is 42.5 Å². The number of phenols is 1. The van der Waals surface area contributed by atoms with Crippen molar-refractivity contribution in [3.63, 3.8) is 0 Å². The van der Waals surface area contributed by atoms with Crippen LogP contribution in [-0.2, 0) is 40.6 Å². The van der Waals surface area contributed by atoms with Gasteiger partial charge >= 0.3 is 18.0 Å². The lowest BCUT2D eigenvalue weighted by Gasteiger charge is -2.46. The van der Waals surface area contributed by atoms with Gasteiger partial charge in [-0.2, -0.15) is 0 Å². The molecule has 3 heterocycles. The number of anilines is 1. The van der Waals surface area contributed by atoms with Crippen LogP contribution in [0.3, 0.4) is 0 Å². The van der Waals surface area contributed by atoms with Crippen molar-refractivity contribution in [2.45, 2.75) is 36.3 Å². The Kier molecular flexibility index (Phi) is 10.3. The number of carbonyl (C=O) groups excluding carboxylic acids is 4. The average molecular weight is 892 g/mol. The molecule has 5 aromatic rings. The Labute approximate surface area is 345 Å². The van der Waals surface area contributed by atoms with Gasteiger partial charge in [-0.05, 0) is 92.9 Å². The molecule has 2 amide bonds. The third-order valence-corrected chi connectivity index (χ3v) is 11.6. The minimum Gasteiger partial charge on any atom is -0.508 e. The van der Waals surface area contributed by atoms with Gasteiger partial charge in [-0.25, -0.2) is 9.69 Å². The molecule has 0 radical (unpaired) electrons. The van der Waals surface area contributed by atoms with Gasteiger partial charge in [0, 0.05) is 15.7 Å². The predicted molar refractivity (Wildman–Crippen MR) is 217 cm³/mol. The van der Waals surface area contributed by atoms with Gasteiger partial charge in [-0.3, -0.25) is 29.4 Å². The Morgan fingerprint density at radius 1 is 0.862 bits per heavy atom. The number of benzene rings is 5. The number of halogens is 1. The zero-order chi connectivity index (χ0) is 40.7. The fraction of sp³-hybridized carbons (Fsp3) is 0.182. The van der Waals surface area contributed by atoms with Crippen molar-refractivity contribution in [1.29, 1.82) is 0 Å². The third-order valence-electron chi connectivity index (χ3n) is 10.9. The number of imide groups is 1.